The molecule has 0 saturated carbocycles. The number of carbonyl (C=O) groups is 2. The van der Waals surface area contributed by atoms with Crippen molar-refractivity contribution in [3.63, 3.8) is 0 Å². The predicted molar refractivity (Wildman–Crippen MR) is 105 cm³/mol. The molecule has 1 fully saturated rings. The molecule has 0 bridgehead atoms. The van der Waals surface area contributed by atoms with E-state index in [0.29, 0.717) is 24.7 Å². The average molecular weight is 386 g/mol. The van der Waals surface area contributed by atoms with Crippen LogP contribution in [0.25, 0.3) is 0 Å². The number of hydrogen-bond acceptors (Lipinski definition) is 5. The summed E-state index contributed by atoms with van der Waals surface area (Å²) in [5, 5.41) is 9.30. The maximum atomic E-state index is 12.9. The quantitative estimate of drug-likeness (QED) is 0.794. The Balaban J connectivity index is 1.67. The molecule has 8 nitrogen and oxygen atoms in total. The summed E-state index contributed by atoms with van der Waals surface area (Å²) in [5.74, 6) is 0.579. The lowest BCUT2D eigenvalue weighted by molar-refractivity contribution is -0.117. The molecule has 1 aliphatic rings. The van der Waals surface area contributed by atoms with Crippen molar-refractivity contribution in [3.05, 3.63) is 41.2 Å². The first kappa shape index (κ1) is 19.9. The second-order valence-corrected chi connectivity index (χ2v) is 7.14. The Morgan fingerprint density at radius 3 is 2.68 bits per heavy atom. The maximum Gasteiger partial charge on any atom is 0.322 e. The van der Waals surface area contributed by atoms with Gasteiger partial charge in [-0.1, -0.05) is 22.9 Å². The van der Waals surface area contributed by atoms with Crippen LogP contribution in [0.3, 0.4) is 0 Å². The van der Waals surface area contributed by atoms with Gasteiger partial charge in [0.1, 0.15) is 12.3 Å². The second-order valence-electron chi connectivity index (χ2n) is 7.14. The third-order valence-electron chi connectivity index (χ3n) is 4.59. The monoisotopic (exact) mass is 386 g/mol. The minimum Gasteiger partial charge on any atom is -0.376 e. The highest BCUT2D eigenvalue weighted by Crippen LogP contribution is 2.18. The minimum atomic E-state index is -0.345. The van der Waals surface area contributed by atoms with Gasteiger partial charge < -0.3 is 24.8 Å². The van der Waals surface area contributed by atoms with E-state index in [4.69, 9.17) is 9.26 Å². The number of anilines is 2. The van der Waals surface area contributed by atoms with Crippen molar-refractivity contribution in [1.29, 1.82) is 0 Å². The Bertz CT molecular complexity index is 842. The Hall–Kier alpha value is -2.87. The van der Waals surface area contributed by atoms with Gasteiger partial charge >= 0.3 is 6.03 Å². The fourth-order valence-electron chi connectivity index (χ4n) is 3.18. The topological polar surface area (TPSA) is 96.7 Å². The zero-order chi connectivity index (χ0) is 20.1. The van der Waals surface area contributed by atoms with E-state index in [1.54, 1.807) is 13.0 Å². The van der Waals surface area contributed by atoms with Crippen LogP contribution >= 0.6 is 0 Å². The smallest absolute Gasteiger partial charge is 0.322 e. The summed E-state index contributed by atoms with van der Waals surface area (Å²) in [6.45, 7) is 6.60. The predicted octanol–water partition coefficient (Wildman–Crippen LogP) is 3.25. The van der Waals surface area contributed by atoms with E-state index in [0.717, 1.165) is 29.7 Å². The highest BCUT2D eigenvalue weighted by atomic mass is 16.5. The van der Waals surface area contributed by atoms with Gasteiger partial charge in [-0.15, -0.1) is 0 Å². The lowest BCUT2D eigenvalue weighted by atomic mass is 10.1. The summed E-state index contributed by atoms with van der Waals surface area (Å²) in [4.78, 5) is 26.8. The standard InChI is InChI=1S/C20H26N4O4/c1-13-6-7-17(14(2)9-13)21-20(26)24(11-16-5-4-8-27-16)12-19(25)22-18-10-15(3)28-23-18/h6-7,9-10,16H,4-5,8,11-12H2,1-3H3,(H,21,26)(H,22,23,25). The normalized spacial score (nSPS) is 16.0. The number of hydrogen-bond donors (Lipinski definition) is 2. The Kier molecular flexibility index (Phi) is 6.30. The summed E-state index contributed by atoms with van der Waals surface area (Å²) in [6.07, 6.45) is 1.77. The van der Waals surface area contributed by atoms with E-state index >= 15 is 0 Å². The third-order valence-corrected chi connectivity index (χ3v) is 4.59. The van der Waals surface area contributed by atoms with Gasteiger partial charge in [-0.3, -0.25) is 4.79 Å². The molecule has 1 aliphatic heterocycles. The van der Waals surface area contributed by atoms with Crippen molar-refractivity contribution in [1.82, 2.24) is 10.1 Å². The summed E-state index contributed by atoms with van der Waals surface area (Å²) in [5.41, 5.74) is 2.81. The molecule has 1 unspecified atom stereocenters. The molecule has 150 valence electrons. The number of nitrogens with zero attached hydrogens (tertiary/aromatic N) is 2. The molecular formula is C20H26N4O4. The van der Waals surface area contributed by atoms with Crippen LogP contribution in [0.4, 0.5) is 16.3 Å². The summed E-state index contributed by atoms with van der Waals surface area (Å²) in [7, 11) is 0. The molecule has 2 aromatic rings. The van der Waals surface area contributed by atoms with Gasteiger partial charge in [0.05, 0.1) is 6.10 Å². The van der Waals surface area contributed by atoms with E-state index in [2.05, 4.69) is 15.8 Å². The number of amides is 3. The molecule has 2 heterocycles. The van der Waals surface area contributed by atoms with Crippen LogP contribution in [-0.4, -0.2) is 47.8 Å². The molecule has 2 N–H and O–H groups in total. The third kappa shape index (κ3) is 5.32. The SMILES string of the molecule is Cc1ccc(NC(=O)N(CC(=O)Nc2cc(C)on2)CC2CCCO2)c(C)c1. The molecular weight excluding hydrogens is 360 g/mol. The van der Waals surface area contributed by atoms with Crippen LogP contribution in [0, 0.1) is 20.8 Å². The summed E-state index contributed by atoms with van der Waals surface area (Å²) >= 11 is 0. The van der Waals surface area contributed by atoms with Gasteiger partial charge in [0.25, 0.3) is 0 Å². The van der Waals surface area contributed by atoms with Crippen LogP contribution in [0.2, 0.25) is 0 Å². The number of aromatic nitrogens is 1. The van der Waals surface area contributed by atoms with Gasteiger partial charge in [-0.05, 0) is 45.2 Å². The first-order valence-corrected chi connectivity index (χ1v) is 9.38. The van der Waals surface area contributed by atoms with Crippen LogP contribution < -0.4 is 10.6 Å². The lowest BCUT2D eigenvalue weighted by Gasteiger charge is -2.25. The first-order valence-electron chi connectivity index (χ1n) is 9.38. The molecule has 0 spiro atoms. The highest BCUT2D eigenvalue weighted by molar-refractivity contribution is 5.96. The largest absolute Gasteiger partial charge is 0.376 e. The van der Waals surface area contributed by atoms with Crippen molar-refractivity contribution in [2.24, 2.45) is 0 Å². The number of carbonyl (C=O) groups excluding carboxylic acids is 2. The minimum absolute atomic E-state index is 0.0630. The van der Waals surface area contributed by atoms with Crippen molar-refractivity contribution in [2.45, 2.75) is 39.7 Å². The Labute approximate surface area is 164 Å². The molecule has 3 amide bonds. The lowest BCUT2D eigenvalue weighted by Crippen LogP contribution is -2.44. The van der Waals surface area contributed by atoms with E-state index in [9.17, 15) is 9.59 Å². The molecule has 28 heavy (non-hydrogen) atoms. The van der Waals surface area contributed by atoms with E-state index in [1.807, 2.05) is 32.0 Å². The van der Waals surface area contributed by atoms with Gasteiger partial charge in [0.15, 0.2) is 5.82 Å². The van der Waals surface area contributed by atoms with Crippen LogP contribution in [0.15, 0.2) is 28.8 Å². The first-order chi connectivity index (χ1) is 13.4. The molecule has 0 radical (unpaired) electrons. The molecule has 0 aliphatic carbocycles. The molecule has 1 atom stereocenters. The Morgan fingerprint density at radius 1 is 1.21 bits per heavy atom. The number of rotatable bonds is 6. The van der Waals surface area contributed by atoms with Crippen LogP contribution in [-0.2, 0) is 9.53 Å². The molecule has 1 aromatic heterocycles. The average Bonchev–Trinajstić information content (AvgIpc) is 3.28. The fourth-order valence-corrected chi connectivity index (χ4v) is 3.18. The van der Waals surface area contributed by atoms with E-state index < -0.39 is 0 Å². The number of nitrogens with one attached hydrogen (secondary N) is 2. The second kappa shape index (κ2) is 8.88. The summed E-state index contributed by atoms with van der Waals surface area (Å²) < 4.78 is 10.6. The number of benzene rings is 1. The zero-order valence-corrected chi connectivity index (χ0v) is 16.4. The van der Waals surface area contributed by atoms with Gasteiger partial charge in [0, 0.05) is 24.9 Å². The molecule has 8 heteroatoms. The number of aryl methyl sites for hydroxylation is 3. The fraction of sp³-hybridized carbons (Fsp3) is 0.450. The molecule has 3 rings (SSSR count). The van der Waals surface area contributed by atoms with Crippen LogP contribution in [0.1, 0.15) is 29.7 Å². The van der Waals surface area contributed by atoms with Crippen molar-refractivity contribution >= 4 is 23.4 Å². The van der Waals surface area contributed by atoms with E-state index in [1.165, 1.54) is 4.90 Å². The van der Waals surface area contributed by atoms with Crippen LogP contribution in [0.5, 0.6) is 0 Å². The number of ether oxygens (including phenoxy) is 1. The maximum absolute atomic E-state index is 12.9. The zero-order valence-electron chi connectivity index (χ0n) is 16.4. The number of urea groups is 1. The molecule has 1 saturated heterocycles. The molecule has 1 aromatic carbocycles. The van der Waals surface area contributed by atoms with Crippen molar-refractivity contribution in [3.8, 4) is 0 Å². The Morgan fingerprint density at radius 2 is 2.04 bits per heavy atom. The van der Waals surface area contributed by atoms with Crippen molar-refractivity contribution < 1.29 is 18.8 Å². The van der Waals surface area contributed by atoms with Gasteiger partial charge in [0.2, 0.25) is 5.91 Å². The summed E-state index contributed by atoms with van der Waals surface area (Å²) in [6, 6.07) is 7.09. The van der Waals surface area contributed by atoms with Crippen molar-refractivity contribution in [2.75, 3.05) is 30.3 Å². The van der Waals surface area contributed by atoms with E-state index in [-0.39, 0.29) is 24.6 Å². The highest BCUT2D eigenvalue weighted by Gasteiger charge is 2.25. The van der Waals surface area contributed by atoms with Gasteiger partial charge in [-0.2, -0.15) is 0 Å². The van der Waals surface area contributed by atoms with Gasteiger partial charge in [-0.25, -0.2) is 4.79 Å².